The number of carbonyl (C=O) groups excluding carboxylic acids is 1. The molecule has 4 heterocycles. The molecule has 5 rings (SSSR count). The van der Waals surface area contributed by atoms with Gasteiger partial charge in [0, 0.05) is 35.3 Å². The number of sulfonamides is 1. The third kappa shape index (κ3) is 4.02. The molecular formula is C24H23N3O3S3. The Morgan fingerprint density at radius 2 is 1.79 bits per heavy atom. The van der Waals surface area contributed by atoms with E-state index in [4.69, 9.17) is 0 Å². The van der Waals surface area contributed by atoms with Crippen LogP contribution in [0.5, 0.6) is 0 Å². The van der Waals surface area contributed by atoms with E-state index in [1.54, 1.807) is 34.8 Å². The Bertz CT molecular complexity index is 1300. The molecular weight excluding hydrogens is 474 g/mol. The standard InChI is InChI=1S/C24H23N3O3S3/c25-16-18-4-1-2-6-22(18)33(29,30)26-11-7-17(8-12-26)24(28)27-13-9-20-19(10-15-32-20)23(27)21-5-3-14-31-21/h1-6,10,14-15,17,23H,7-9,11-13H2/t23-/m0/s1. The number of fused-ring (bicyclic) bond motifs is 1. The number of amides is 1. The predicted molar refractivity (Wildman–Crippen MR) is 129 cm³/mol. The smallest absolute Gasteiger partial charge is 0.244 e. The Balaban J connectivity index is 1.33. The Hall–Kier alpha value is -2.51. The summed E-state index contributed by atoms with van der Waals surface area (Å²) in [5, 5.41) is 13.5. The summed E-state index contributed by atoms with van der Waals surface area (Å²) < 4.78 is 27.7. The summed E-state index contributed by atoms with van der Waals surface area (Å²) in [4.78, 5) is 18.2. The number of benzene rings is 1. The van der Waals surface area contributed by atoms with Crippen molar-refractivity contribution in [2.75, 3.05) is 19.6 Å². The highest BCUT2D eigenvalue weighted by Crippen LogP contribution is 2.41. The minimum atomic E-state index is -3.77. The number of nitriles is 1. The van der Waals surface area contributed by atoms with Gasteiger partial charge in [0.2, 0.25) is 15.9 Å². The van der Waals surface area contributed by atoms with Gasteiger partial charge in [0.15, 0.2) is 0 Å². The van der Waals surface area contributed by atoms with Crippen LogP contribution in [-0.2, 0) is 21.2 Å². The minimum absolute atomic E-state index is 0.0380. The molecule has 2 aromatic heterocycles. The third-order valence-corrected chi connectivity index (χ3v) is 10.4. The van der Waals surface area contributed by atoms with E-state index < -0.39 is 10.0 Å². The first-order valence-electron chi connectivity index (χ1n) is 10.9. The van der Waals surface area contributed by atoms with Crippen molar-refractivity contribution in [3.05, 3.63) is 74.1 Å². The second kappa shape index (κ2) is 9.03. The quantitative estimate of drug-likeness (QED) is 0.539. The molecule has 3 aromatic rings. The molecule has 2 aliphatic heterocycles. The molecule has 0 unspecified atom stereocenters. The van der Waals surface area contributed by atoms with Gasteiger partial charge in [0.1, 0.15) is 6.07 Å². The SMILES string of the molecule is N#Cc1ccccc1S(=O)(=O)N1CCC(C(=O)N2CCc3sccc3[C@H]2c2cccs2)CC1. The molecule has 1 fully saturated rings. The lowest BCUT2D eigenvalue weighted by Crippen LogP contribution is -2.47. The van der Waals surface area contributed by atoms with Crippen LogP contribution in [0.15, 0.2) is 58.1 Å². The fraction of sp³-hybridized carbons (Fsp3) is 0.333. The van der Waals surface area contributed by atoms with Gasteiger partial charge < -0.3 is 4.90 Å². The van der Waals surface area contributed by atoms with Crippen LogP contribution in [0, 0.1) is 17.2 Å². The van der Waals surface area contributed by atoms with E-state index in [0.717, 1.165) is 11.3 Å². The van der Waals surface area contributed by atoms with E-state index in [2.05, 4.69) is 17.5 Å². The lowest BCUT2D eigenvalue weighted by atomic mass is 9.92. The van der Waals surface area contributed by atoms with Crippen LogP contribution in [0.1, 0.15) is 39.8 Å². The fourth-order valence-electron chi connectivity index (χ4n) is 4.81. The number of rotatable bonds is 4. The highest BCUT2D eigenvalue weighted by molar-refractivity contribution is 7.89. The van der Waals surface area contributed by atoms with Gasteiger partial charge in [-0.05, 0) is 59.9 Å². The van der Waals surface area contributed by atoms with Crippen molar-refractivity contribution in [1.29, 1.82) is 5.26 Å². The van der Waals surface area contributed by atoms with Crippen LogP contribution in [0.4, 0.5) is 0 Å². The van der Waals surface area contributed by atoms with E-state index in [1.807, 2.05) is 22.4 Å². The van der Waals surface area contributed by atoms with E-state index in [1.165, 1.54) is 26.9 Å². The average molecular weight is 498 g/mol. The number of piperidine rings is 1. The zero-order valence-corrected chi connectivity index (χ0v) is 20.3. The van der Waals surface area contributed by atoms with Crippen LogP contribution in [0.25, 0.3) is 0 Å². The second-order valence-corrected chi connectivity index (χ2v) is 12.2. The maximum absolute atomic E-state index is 13.6. The predicted octanol–water partition coefficient (Wildman–Crippen LogP) is 4.26. The summed E-state index contributed by atoms with van der Waals surface area (Å²) in [6.45, 7) is 1.24. The van der Waals surface area contributed by atoms with Crippen molar-refractivity contribution < 1.29 is 13.2 Å². The Morgan fingerprint density at radius 1 is 1.00 bits per heavy atom. The first-order chi connectivity index (χ1) is 16.0. The zero-order valence-electron chi connectivity index (χ0n) is 17.9. The summed E-state index contributed by atoms with van der Waals surface area (Å²) >= 11 is 3.42. The van der Waals surface area contributed by atoms with Crippen molar-refractivity contribution >= 4 is 38.6 Å². The van der Waals surface area contributed by atoms with Crippen LogP contribution >= 0.6 is 22.7 Å². The molecule has 2 aliphatic rings. The van der Waals surface area contributed by atoms with E-state index in [9.17, 15) is 18.5 Å². The van der Waals surface area contributed by atoms with E-state index in [-0.39, 0.29) is 41.4 Å². The van der Waals surface area contributed by atoms with Crippen molar-refractivity contribution in [1.82, 2.24) is 9.21 Å². The first kappa shape index (κ1) is 22.3. The molecule has 0 N–H and O–H groups in total. The topological polar surface area (TPSA) is 81.5 Å². The monoisotopic (exact) mass is 497 g/mol. The Kier molecular flexibility index (Phi) is 6.10. The highest BCUT2D eigenvalue weighted by Gasteiger charge is 2.39. The van der Waals surface area contributed by atoms with Crippen LogP contribution in [0.2, 0.25) is 0 Å². The average Bonchev–Trinajstić information content (AvgIpc) is 3.55. The lowest BCUT2D eigenvalue weighted by molar-refractivity contribution is -0.138. The zero-order chi connectivity index (χ0) is 23.0. The van der Waals surface area contributed by atoms with Gasteiger partial charge in [-0.15, -0.1) is 22.7 Å². The Labute approximate surface area is 201 Å². The van der Waals surface area contributed by atoms with E-state index >= 15 is 0 Å². The van der Waals surface area contributed by atoms with Crippen LogP contribution in [0.3, 0.4) is 0 Å². The summed E-state index contributed by atoms with van der Waals surface area (Å²) in [7, 11) is -3.77. The van der Waals surface area contributed by atoms with Gasteiger partial charge in [-0.3, -0.25) is 4.79 Å². The van der Waals surface area contributed by atoms with Crippen molar-refractivity contribution in [3.8, 4) is 6.07 Å². The van der Waals surface area contributed by atoms with E-state index in [0.29, 0.717) is 19.4 Å². The summed E-state index contributed by atoms with van der Waals surface area (Å²) in [6.07, 6.45) is 1.83. The van der Waals surface area contributed by atoms with Crippen molar-refractivity contribution in [2.45, 2.75) is 30.2 Å². The van der Waals surface area contributed by atoms with Crippen molar-refractivity contribution in [3.63, 3.8) is 0 Å². The van der Waals surface area contributed by atoms with Crippen LogP contribution < -0.4 is 0 Å². The van der Waals surface area contributed by atoms with Gasteiger partial charge in [-0.1, -0.05) is 18.2 Å². The second-order valence-electron chi connectivity index (χ2n) is 8.29. The van der Waals surface area contributed by atoms with Gasteiger partial charge in [0.25, 0.3) is 0 Å². The molecule has 0 bridgehead atoms. The molecule has 170 valence electrons. The largest absolute Gasteiger partial charge is 0.330 e. The molecule has 0 aliphatic carbocycles. The number of hydrogen-bond donors (Lipinski definition) is 0. The molecule has 0 spiro atoms. The molecule has 1 saturated heterocycles. The fourth-order valence-corrected chi connectivity index (χ4v) is 8.18. The minimum Gasteiger partial charge on any atom is -0.330 e. The van der Waals surface area contributed by atoms with Gasteiger partial charge in [0.05, 0.1) is 16.5 Å². The van der Waals surface area contributed by atoms with Crippen molar-refractivity contribution in [2.24, 2.45) is 5.92 Å². The normalized spacial score (nSPS) is 19.7. The summed E-state index contributed by atoms with van der Waals surface area (Å²) in [5.74, 6) is -0.0926. The number of carbonyl (C=O) groups is 1. The maximum Gasteiger partial charge on any atom is 0.244 e. The highest BCUT2D eigenvalue weighted by atomic mass is 32.2. The summed E-state index contributed by atoms with van der Waals surface area (Å²) in [6, 6.07) is 14.4. The van der Waals surface area contributed by atoms with Gasteiger partial charge >= 0.3 is 0 Å². The molecule has 1 amide bonds. The third-order valence-electron chi connectivity index (χ3n) is 6.49. The molecule has 0 radical (unpaired) electrons. The maximum atomic E-state index is 13.6. The number of thiophene rings is 2. The molecule has 0 saturated carbocycles. The van der Waals surface area contributed by atoms with Gasteiger partial charge in [-0.25, -0.2) is 8.42 Å². The van der Waals surface area contributed by atoms with Gasteiger partial charge in [-0.2, -0.15) is 9.57 Å². The lowest BCUT2D eigenvalue weighted by Gasteiger charge is -2.39. The molecule has 1 aromatic carbocycles. The summed E-state index contributed by atoms with van der Waals surface area (Å²) in [5.41, 5.74) is 1.37. The molecule has 33 heavy (non-hydrogen) atoms. The molecule has 1 atom stereocenters. The molecule has 9 heteroatoms. The Morgan fingerprint density at radius 3 is 2.52 bits per heavy atom. The molecule has 6 nitrogen and oxygen atoms in total. The van der Waals surface area contributed by atoms with Crippen LogP contribution in [-0.4, -0.2) is 43.2 Å². The number of hydrogen-bond acceptors (Lipinski definition) is 6. The number of nitrogens with zero attached hydrogens (tertiary/aromatic N) is 3. The first-order valence-corrected chi connectivity index (χ1v) is 14.1.